The topological polar surface area (TPSA) is 78.3 Å². The molecular formula is C13H17ClN2O2. The fraction of sp³-hybridized carbons (Fsp3) is 0.462. The quantitative estimate of drug-likeness (QED) is 0.881. The Morgan fingerprint density at radius 3 is 2.67 bits per heavy atom. The van der Waals surface area contributed by atoms with E-state index in [1.807, 2.05) is 0 Å². The maximum atomic E-state index is 11.0. The average Bonchev–Trinajstić information content (AvgIpc) is 2.34. The minimum Gasteiger partial charge on any atom is -0.487 e. The number of hydrogen-bond acceptors (Lipinski definition) is 3. The van der Waals surface area contributed by atoms with E-state index in [1.54, 1.807) is 12.1 Å². The molecule has 0 radical (unpaired) electrons. The van der Waals surface area contributed by atoms with Crippen LogP contribution in [0.5, 0.6) is 5.75 Å². The number of rotatable bonds is 3. The van der Waals surface area contributed by atoms with Gasteiger partial charge in [0.25, 0.3) is 0 Å². The second kappa shape index (κ2) is 5.59. The second-order valence-electron chi connectivity index (χ2n) is 4.61. The van der Waals surface area contributed by atoms with Crippen molar-refractivity contribution in [2.24, 2.45) is 11.5 Å². The van der Waals surface area contributed by atoms with Crippen LogP contribution in [0.25, 0.3) is 0 Å². The van der Waals surface area contributed by atoms with Crippen molar-refractivity contribution in [2.45, 2.75) is 37.8 Å². The van der Waals surface area contributed by atoms with Crippen molar-refractivity contribution < 1.29 is 9.53 Å². The van der Waals surface area contributed by atoms with E-state index in [1.165, 1.54) is 6.07 Å². The first-order chi connectivity index (χ1) is 8.58. The number of nitrogens with two attached hydrogens (primary N) is 2. The molecular weight excluding hydrogens is 252 g/mol. The van der Waals surface area contributed by atoms with E-state index in [0.29, 0.717) is 16.3 Å². The summed E-state index contributed by atoms with van der Waals surface area (Å²) in [6, 6.07) is 4.85. The molecule has 1 aliphatic carbocycles. The number of hydrogen-bond donors (Lipinski definition) is 2. The standard InChI is InChI=1S/C13H17ClN2O2/c14-9-7-8(13(16)17)5-6-11(9)18-12-4-2-1-3-10(12)15/h5-7,10,12H,1-4,15H2,(H2,16,17). The van der Waals surface area contributed by atoms with Crippen molar-refractivity contribution in [1.29, 1.82) is 0 Å². The van der Waals surface area contributed by atoms with Crippen molar-refractivity contribution in [3.05, 3.63) is 28.8 Å². The van der Waals surface area contributed by atoms with Gasteiger partial charge in [-0.2, -0.15) is 0 Å². The average molecular weight is 269 g/mol. The smallest absolute Gasteiger partial charge is 0.248 e. The van der Waals surface area contributed by atoms with Gasteiger partial charge in [-0.1, -0.05) is 18.0 Å². The van der Waals surface area contributed by atoms with Gasteiger partial charge >= 0.3 is 0 Å². The number of ether oxygens (including phenoxy) is 1. The van der Waals surface area contributed by atoms with E-state index >= 15 is 0 Å². The van der Waals surface area contributed by atoms with Gasteiger partial charge in [-0.25, -0.2) is 0 Å². The number of primary amides is 1. The molecule has 1 aromatic carbocycles. The number of carbonyl (C=O) groups excluding carboxylic acids is 1. The van der Waals surface area contributed by atoms with Gasteiger partial charge in [0.2, 0.25) is 5.91 Å². The lowest BCUT2D eigenvalue weighted by Crippen LogP contribution is -2.41. The first kappa shape index (κ1) is 13.2. The lowest BCUT2D eigenvalue weighted by molar-refractivity contribution is 0.1000. The van der Waals surface area contributed by atoms with Crippen LogP contribution in [0.15, 0.2) is 18.2 Å². The first-order valence-electron chi connectivity index (χ1n) is 6.09. The second-order valence-corrected chi connectivity index (χ2v) is 5.02. The summed E-state index contributed by atoms with van der Waals surface area (Å²) in [5.74, 6) is 0.0573. The summed E-state index contributed by atoms with van der Waals surface area (Å²) in [5.41, 5.74) is 11.6. The van der Waals surface area contributed by atoms with Crippen LogP contribution in [0.3, 0.4) is 0 Å². The Balaban J connectivity index is 2.11. The predicted molar refractivity (Wildman–Crippen MR) is 70.8 cm³/mol. The van der Waals surface area contributed by atoms with Gasteiger partial charge < -0.3 is 16.2 Å². The van der Waals surface area contributed by atoms with Crippen LogP contribution in [0.4, 0.5) is 0 Å². The Morgan fingerprint density at radius 2 is 2.06 bits per heavy atom. The van der Waals surface area contributed by atoms with E-state index in [2.05, 4.69) is 0 Å². The van der Waals surface area contributed by atoms with Gasteiger partial charge in [-0.05, 0) is 37.5 Å². The molecule has 1 amide bonds. The van der Waals surface area contributed by atoms with Gasteiger partial charge in [-0.3, -0.25) is 4.79 Å². The van der Waals surface area contributed by atoms with Crippen molar-refractivity contribution in [3.63, 3.8) is 0 Å². The zero-order valence-electron chi connectivity index (χ0n) is 10.1. The highest BCUT2D eigenvalue weighted by molar-refractivity contribution is 6.32. The molecule has 1 saturated carbocycles. The van der Waals surface area contributed by atoms with Crippen molar-refractivity contribution >= 4 is 17.5 Å². The lowest BCUT2D eigenvalue weighted by Gasteiger charge is -2.29. The Kier molecular flexibility index (Phi) is 4.09. The van der Waals surface area contributed by atoms with Crippen molar-refractivity contribution in [3.8, 4) is 5.75 Å². The summed E-state index contributed by atoms with van der Waals surface area (Å²) >= 11 is 6.07. The summed E-state index contributed by atoms with van der Waals surface area (Å²) in [6.45, 7) is 0. The van der Waals surface area contributed by atoms with Crippen LogP contribution in [0, 0.1) is 0 Å². The molecule has 0 spiro atoms. The molecule has 0 heterocycles. The molecule has 1 fully saturated rings. The summed E-state index contributed by atoms with van der Waals surface area (Å²) < 4.78 is 5.82. The van der Waals surface area contributed by atoms with Gasteiger partial charge in [0.05, 0.1) is 5.02 Å². The fourth-order valence-electron chi connectivity index (χ4n) is 2.18. The molecule has 0 aromatic heterocycles. The summed E-state index contributed by atoms with van der Waals surface area (Å²) in [6.07, 6.45) is 4.18. The number of amides is 1. The molecule has 4 N–H and O–H groups in total. The van der Waals surface area contributed by atoms with Gasteiger partial charge in [0, 0.05) is 11.6 Å². The lowest BCUT2D eigenvalue weighted by atomic mass is 9.93. The first-order valence-corrected chi connectivity index (χ1v) is 6.47. The normalized spacial score (nSPS) is 23.7. The zero-order chi connectivity index (χ0) is 13.1. The Hall–Kier alpha value is -1.26. The van der Waals surface area contributed by atoms with Gasteiger partial charge in [-0.15, -0.1) is 0 Å². The third-order valence-electron chi connectivity index (χ3n) is 3.25. The van der Waals surface area contributed by atoms with Crippen molar-refractivity contribution in [1.82, 2.24) is 0 Å². The zero-order valence-corrected chi connectivity index (χ0v) is 10.8. The number of benzene rings is 1. The van der Waals surface area contributed by atoms with Gasteiger partial charge in [0.1, 0.15) is 11.9 Å². The van der Waals surface area contributed by atoms with Crippen LogP contribution < -0.4 is 16.2 Å². The van der Waals surface area contributed by atoms with E-state index in [9.17, 15) is 4.79 Å². The maximum absolute atomic E-state index is 11.0. The predicted octanol–water partition coefficient (Wildman–Crippen LogP) is 2.09. The summed E-state index contributed by atoms with van der Waals surface area (Å²) in [4.78, 5) is 11.0. The van der Waals surface area contributed by atoms with Crippen LogP contribution in [-0.2, 0) is 0 Å². The van der Waals surface area contributed by atoms with E-state index in [4.69, 9.17) is 27.8 Å². The number of carbonyl (C=O) groups is 1. The highest BCUT2D eigenvalue weighted by Gasteiger charge is 2.24. The SMILES string of the molecule is NC(=O)c1ccc(OC2CCCCC2N)c(Cl)c1. The molecule has 2 unspecified atom stereocenters. The fourth-order valence-corrected chi connectivity index (χ4v) is 2.41. The van der Waals surface area contributed by atoms with Crippen molar-refractivity contribution in [2.75, 3.05) is 0 Å². The third kappa shape index (κ3) is 2.94. The largest absolute Gasteiger partial charge is 0.487 e. The van der Waals surface area contributed by atoms with E-state index < -0.39 is 5.91 Å². The Morgan fingerprint density at radius 1 is 1.33 bits per heavy atom. The van der Waals surface area contributed by atoms with E-state index in [-0.39, 0.29) is 12.1 Å². The Labute approximate surface area is 111 Å². The number of halogens is 1. The van der Waals surface area contributed by atoms with Crippen LogP contribution >= 0.6 is 11.6 Å². The molecule has 0 bridgehead atoms. The van der Waals surface area contributed by atoms with Crippen LogP contribution in [-0.4, -0.2) is 18.1 Å². The highest BCUT2D eigenvalue weighted by atomic mass is 35.5. The molecule has 2 atom stereocenters. The highest BCUT2D eigenvalue weighted by Crippen LogP contribution is 2.29. The monoisotopic (exact) mass is 268 g/mol. The Bertz CT molecular complexity index is 451. The summed E-state index contributed by atoms with van der Waals surface area (Å²) in [5, 5.41) is 0.393. The molecule has 0 saturated heterocycles. The van der Waals surface area contributed by atoms with Gasteiger partial charge in [0.15, 0.2) is 0 Å². The van der Waals surface area contributed by atoms with E-state index in [0.717, 1.165) is 25.7 Å². The molecule has 1 aliphatic rings. The molecule has 2 rings (SSSR count). The molecule has 5 heteroatoms. The molecule has 18 heavy (non-hydrogen) atoms. The molecule has 98 valence electrons. The van der Waals surface area contributed by atoms with Crippen LogP contribution in [0.1, 0.15) is 36.0 Å². The molecule has 4 nitrogen and oxygen atoms in total. The molecule has 0 aliphatic heterocycles. The minimum atomic E-state index is -0.502. The van der Waals surface area contributed by atoms with Crippen LogP contribution in [0.2, 0.25) is 5.02 Å². The third-order valence-corrected chi connectivity index (χ3v) is 3.54. The maximum Gasteiger partial charge on any atom is 0.248 e. The minimum absolute atomic E-state index is 0.00400. The molecule has 1 aromatic rings. The summed E-state index contributed by atoms with van der Waals surface area (Å²) in [7, 11) is 0.